The summed E-state index contributed by atoms with van der Waals surface area (Å²) >= 11 is 1.55. The van der Waals surface area contributed by atoms with Crippen LogP contribution in [0.2, 0.25) is 0 Å². The van der Waals surface area contributed by atoms with Gasteiger partial charge in [-0.05, 0) is 30.7 Å². The second kappa shape index (κ2) is 5.88. The molecule has 1 N–H and O–H groups in total. The summed E-state index contributed by atoms with van der Waals surface area (Å²) in [4.78, 5) is 22.4. The second-order valence-corrected chi connectivity index (χ2v) is 6.23. The Kier molecular flexibility index (Phi) is 3.94. The highest BCUT2D eigenvalue weighted by Crippen LogP contribution is 2.21. The zero-order valence-corrected chi connectivity index (χ0v) is 13.2. The van der Waals surface area contributed by atoms with Crippen LogP contribution in [0.5, 0.6) is 0 Å². The Balaban J connectivity index is 1.75. The molecule has 0 radical (unpaired) electrons. The maximum atomic E-state index is 13.4. The molecule has 1 amide bonds. The number of aromatic amines is 1. The van der Waals surface area contributed by atoms with E-state index in [1.807, 2.05) is 6.92 Å². The topological polar surface area (TPSA) is 49.0 Å². The van der Waals surface area contributed by atoms with E-state index in [0.717, 1.165) is 27.0 Å². The minimum atomic E-state index is -0.297. The number of hydrogen-bond donors (Lipinski definition) is 1. The number of rotatable bonds is 4. The molecule has 0 aliphatic rings. The molecule has 4 nitrogen and oxygen atoms in total. The van der Waals surface area contributed by atoms with Crippen molar-refractivity contribution in [2.75, 3.05) is 7.05 Å². The summed E-state index contributed by atoms with van der Waals surface area (Å²) in [6, 6.07) is 4.55. The van der Waals surface area contributed by atoms with Crippen LogP contribution in [-0.4, -0.2) is 27.8 Å². The predicted octanol–water partition coefficient (Wildman–Crippen LogP) is 3.27. The number of benzene rings is 1. The van der Waals surface area contributed by atoms with Crippen LogP contribution in [-0.2, 0) is 17.8 Å². The third-order valence-electron chi connectivity index (χ3n) is 3.72. The molecular formula is C16H16FN3OS. The summed E-state index contributed by atoms with van der Waals surface area (Å²) in [5.74, 6) is -0.299. The lowest BCUT2D eigenvalue weighted by atomic mass is 10.1. The van der Waals surface area contributed by atoms with Crippen molar-refractivity contribution in [3.05, 3.63) is 51.9 Å². The quantitative estimate of drug-likeness (QED) is 0.803. The second-order valence-electron chi connectivity index (χ2n) is 5.29. The molecule has 0 aliphatic heterocycles. The lowest BCUT2D eigenvalue weighted by molar-refractivity contribution is -0.129. The molecule has 3 rings (SSSR count). The predicted molar refractivity (Wildman–Crippen MR) is 85.3 cm³/mol. The highest BCUT2D eigenvalue weighted by atomic mass is 32.1. The third kappa shape index (κ3) is 2.87. The summed E-state index contributed by atoms with van der Waals surface area (Å²) in [6.45, 7) is 2.48. The van der Waals surface area contributed by atoms with Crippen molar-refractivity contribution in [2.24, 2.45) is 0 Å². The molecule has 0 bridgehead atoms. The number of carbonyl (C=O) groups is 1. The largest absolute Gasteiger partial charge is 0.361 e. The number of nitrogens with one attached hydrogen (secondary N) is 1. The monoisotopic (exact) mass is 317 g/mol. The Bertz CT molecular complexity index is 824. The normalized spacial score (nSPS) is 11.0. The van der Waals surface area contributed by atoms with E-state index in [-0.39, 0.29) is 18.1 Å². The minimum absolute atomic E-state index is 0.00189. The first-order valence-corrected chi connectivity index (χ1v) is 7.81. The van der Waals surface area contributed by atoms with E-state index in [2.05, 4.69) is 9.97 Å². The summed E-state index contributed by atoms with van der Waals surface area (Å²) in [6.07, 6.45) is 2.02. The highest BCUT2D eigenvalue weighted by Gasteiger charge is 2.15. The molecule has 0 atom stereocenters. The van der Waals surface area contributed by atoms with Crippen LogP contribution in [0.3, 0.4) is 0 Å². The van der Waals surface area contributed by atoms with E-state index in [9.17, 15) is 9.18 Å². The van der Waals surface area contributed by atoms with E-state index in [0.29, 0.717) is 6.54 Å². The molecule has 0 saturated heterocycles. The fourth-order valence-corrected chi connectivity index (χ4v) is 3.21. The van der Waals surface area contributed by atoms with Gasteiger partial charge in [-0.3, -0.25) is 4.79 Å². The molecule has 0 unspecified atom stereocenters. The van der Waals surface area contributed by atoms with E-state index in [1.54, 1.807) is 41.1 Å². The van der Waals surface area contributed by atoms with E-state index in [4.69, 9.17) is 0 Å². The molecule has 22 heavy (non-hydrogen) atoms. The molecule has 6 heteroatoms. The van der Waals surface area contributed by atoms with Crippen molar-refractivity contribution in [3.63, 3.8) is 0 Å². The number of aromatic nitrogens is 2. The van der Waals surface area contributed by atoms with Gasteiger partial charge in [0.1, 0.15) is 5.82 Å². The minimum Gasteiger partial charge on any atom is -0.361 e. The molecule has 1 aromatic carbocycles. The van der Waals surface area contributed by atoms with Crippen LogP contribution in [0, 0.1) is 12.7 Å². The van der Waals surface area contributed by atoms with Gasteiger partial charge in [-0.2, -0.15) is 0 Å². The summed E-state index contributed by atoms with van der Waals surface area (Å²) < 4.78 is 13.4. The zero-order valence-electron chi connectivity index (χ0n) is 12.4. The van der Waals surface area contributed by atoms with Crippen LogP contribution in [0.1, 0.15) is 16.1 Å². The van der Waals surface area contributed by atoms with Crippen LogP contribution in [0.4, 0.5) is 4.39 Å². The fourth-order valence-electron chi connectivity index (χ4n) is 2.38. The van der Waals surface area contributed by atoms with Crippen LogP contribution >= 0.6 is 11.3 Å². The molecule has 114 valence electrons. The number of fused-ring (bicyclic) bond motifs is 1. The number of hydrogen-bond acceptors (Lipinski definition) is 3. The Hall–Kier alpha value is -2.21. The maximum Gasteiger partial charge on any atom is 0.227 e. The van der Waals surface area contributed by atoms with Gasteiger partial charge in [0.2, 0.25) is 5.91 Å². The Morgan fingerprint density at radius 2 is 2.27 bits per heavy atom. The Labute approximate surface area is 131 Å². The lowest BCUT2D eigenvalue weighted by Crippen LogP contribution is -2.27. The number of H-pyrrole nitrogens is 1. The standard InChI is InChI=1S/C16H16FN3OS/c1-10-15(22-9-19-10)8-20(2)16(21)5-11-7-18-14-4-3-12(17)6-13(11)14/h3-4,6-7,9,18H,5,8H2,1-2H3. The van der Waals surface area contributed by atoms with E-state index < -0.39 is 0 Å². The SMILES string of the molecule is Cc1ncsc1CN(C)C(=O)Cc1c[nH]c2ccc(F)cc12. The van der Waals surface area contributed by atoms with Gasteiger partial charge in [-0.15, -0.1) is 11.3 Å². The van der Waals surface area contributed by atoms with Crippen LogP contribution < -0.4 is 0 Å². The van der Waals surface area contributed by atoms with Crippen LogP contribution in [0.15, 0.2) is 29.9 Å². The van der Waals surface area contributed by atoms with Gasteiger partial charge in [-0.25, -0.2) is 9.37 Å². The average molecular weight is 317 g/mol. The Morgan fingerprint density at radius 3 is 3.00 bits per heavy atom. The average Bonchev–Trinajstić information content (AvgIpc) is 3.06. The molecule has 0 aliphatic carbocycles. The smallest absolute Gasteiger partial charge is 0.227 e. The molecule has 3 aromatic rings. The number of thiazole rings is 1. The molecule has 0 saturated carbocycles. The molecular weight excluding hydrogens is 301 g/mol. The zero-order chi connectivity index (χ0) is 15.7. The molecule has 0 spiro atoms. The van der Waals surface area contributed by atoms with Crippen molar-refractivity contribution < 1.29 is 9.18 Å². The Morgan fingerprint density at radius 1 is 1.45 bits per heavy atom. The van der Waals surface area contributed by atoms with Gasteiger partial charge >= 0.3 is 0 Å². The van der Waals surface area contributed by atoms with E-state index in [1.165, 1.54) is 12.1 Å². The van der Waals surface area contributed by atoms with Gasteiger partial charge in [0.25, 0.3) is 0 Å². The summed E-state index contributed by atoms with van der Waals surface area (Å²) in [5.41, 5.74) is 4.39. The van der Waals surface area contributed by atoms with Crippen molar-refractivity contribution in [3.8, 4) is 0 Å². The van der Waals surface area contributed by atoms with Gasteiger partial charge in [0.05, 0.1) is 24.2 Å². The number of aryl methyl sites for hydroxylation is 1. The third-order valence-corrected chi connectivity index (χ3v) is 4.64. The van der Waals surface area contributed by atoms with Crippen molar-refractivity contribution in [1.29, 1.82) is 0 Å². The molecule has 2 aromatic heterocycles. The first-order valence-electron chi connectivity index (χ1n) is 6.93. The lowest BCUT2D eigenvalue weighted by Gasteiger charge is -2.16. The van der Waals surface area contributed by atoms with Crippen LogP contribution in [0.25, 0.3) is 10.9 Å². The highest BCUT2D eigenvalue weighted by molar-refractivity contribution is 7.09. The first kappa shape index (κ1) is 14.7. The summed E-state index contributed by atoms with van der Waals surface area (Å²) in [7, 11) is 1.77. The number of carbonyl (C=O) groups excluding carboxylic acids is 1. The van der Waals surface area contributed by atoms with Crippen molar-refractivity contribution >= 4 is 28.1 Å². The molecule has 0 fully saturated rings. The molecule has 2 heterocycles. The van der Waals surface area contributed by atoms with Gasteiger partial charge in [-0.1, -0.05) is 0 Å². The number of halogens is 1. The number of nitrogens with zero attached hydrogens (tertiary/aromatic N) is 2. The number of amides is 1. The van der Waals surface area contributed by atoms with Crippen molar-refractivity contribution in [1.82, 2.24) is 14.9 Å². The maximum absolute atomic E-state index is 13.4. The number of likely N-dealkylation sites (N-methyl/N-ethyl adjacent to an activating group) is 1. The van der Waals surface area contributed by atoms with Gasteiger partial charge in [0, 0.05) is 29.0 Å². The fraction of sp³-hybridized carbons (Fsp3) is 0.250. The van der Waals surface area contributed by atoms with Gasteiger partial charge < -0.3 is 9.88 Å². The van der Waals surface area contributed by atoms with Gasteiger partial charge in [0.15, 0.2) is 0 Å². The van der Waals surface area contributed by atoms with E-state index >= 15 is 0 Å². The first-order chi connectivity index (χ1) is 10.5. The van der Waals surface area contributed by atoms with Crippen molar-refractivity contribution in [2.45, 2.75) is 19.9 Å². The summed E-state index contributed by atoms with van der Waals surface area (Å²) in [5, 5.41) is 0.760.